The van der Waals surface area contributed by atoms with Crippen LogP contribution in [0.2, 0.25) is 0 Å². The third-order valence-corrected chi connectivity index (χ3v) is 3.14. The Balaban J connectivity index is 1.92. The van der Waals surface area contributed by atoms with Crippen LogP contribution < -0.4 is 5.73 Å². The monoisotopic (exact) mass is 154 g/mol. The van der Waals surface area contributed by atoms with E-state index in [-0.39, 0.29) is 0 Å². The first-order valence-electron chi connectivity index (χ1n) is 4.87. The maximum absolute atomic E-state index is 6.02. The molecule has 0 unspecified atom stereocenters. The third-order valence-electron chi connectivity index (χ3n) is 3.14. The molecule has 0 bridgehead atoms. The van der Waals surface area contributed by atoms with Crippen LogP contribution in [0.4, 0.5) is 0 Å². The molecule has 0 amide bonds. The van der Waals surface area contributed by atoms with Gasteiger partial charge in [-0.3, -0.25) is 4.90 Å². The predicted molar refractivity (Wildman–Crippen MR) is 46.4 cm³/mol. The molecule has 1 aliphatic carbocycles. The van der Waals surface area contributed by atoms with Gasteiger partial charge in [-0.1, -0.05) is 6.42 Å². The fourth-order valence-corrected chi connectivity index (χ4v) is 2.50. The standard InChI is InChI=1S/C9H18N2/c10-8-4-3-5-9(8)11-6-1-2-7-11/h8-9H,1-7,10H2/t8-,9+/m1/s1. The lowest BCUT2D eigenvalue weighted by atomic mass is 10.1. The Morgan fingerprint density at radius 1 is 1.00 bits per heavy atom. The van der Waals surface area contributed by atoms with Crippen LogP contribution in [0.3, 0.4) is 0 Å². The van der Waals surface area contributed by atoms with Crippen LogP contribution in [-0.2, 0) is 0 Å². The van der Waals surface area contributed by atoms with Gasteiger partial charge in [0.2, 0.25) is 0 Å². The molecule has 2 rings (SSSR count). The van der Waals surface area contributed by atoms with Crippen molar-refractivity contribution in [2.75, 3.05) is 13.1 Å². The molecule has 11 heavy (non-hydrogen) atoms. The molecule has 2 heteroatoms. The van der Waals surface area contributed by atoms with Crippen LogP contribution in [0.5, 0.6) is 0 Å². The smallest absolute Gasteiger partial charge is 0.0247 e. The van der Waals surface area contributed by atoms with E-state index in [4.69, 9.17) is 5.73 Å². The Labute approximate surface area is 68.7 Å². The molecule has 0 aromatic rings. The van der Waals surface area contributed by atoms with Gasteiger partial charge in [-0.15, -0.1) is 0 Å². The molecule has 0 aromatic carbocycles. The molecule has 2 nitrogen and oxygen atoms in total. The van der Waals surface area contributed by atoms with Gasteiger partial charge >= 0.3 is 0 Å². The molecule has 64 valence electrons. The lowest BCUT2D eigenvalue weighted by Crippen LogP contribution is -2.42. The van der Waals surface area contributed by atoms with Crippen molar-refractivity contribution in [3.63, 3.8) is 0 Å². The van der Waals surface area contributed by atoms with Crippen LogP contribution in [0.25, 0.3) is 0 Å². The summed E-state index contributed by atoms with van der Waals surface area (Å²) in [6.07, 6.45) is 6.73. The van der Waals surface area contributed by atoms with Crippen molar-refractivity contribution in [1.82, 2.24) is 4.90 Å². The predicted octanol–water partition coefficient (Wildman–Crippen LogP) is 0.962. The van der Waals surface area contributed by atoms with Gasteiger partial charge in [-0.2, -0.15) is 0 Å². The van der Waals surface area contributed by atoms with Crippen molar-refractivity contribution in [1.29, 1.82) is 0 Å². The van der Waals surface area contributed by atoms with Gasteiger partial charge in [0.05, 0.1) is 0 Å². The first kappa shape index (κ1) is 7.56. The fourth-order valence-electron chi connectivity index (χ4n) is 2.50. The van der Waals surface area contributed by atoms with Gasteiger partial charge in [-0.25, -0.2) is 0 Å². The molecular weight excluding hydrogens is 136 g/mol. The molecule has 1 saturated heterocycles. The molecular formula is C9H18N2. The zero-order valence-electron chi connectivity index (χ0n) is 7.13. The summed E-state index contributed by atoms with van der Waals surface area (Å²) in [5.41, 5.74) is 6.02. The number of rotatable bonds is 1. The van der Waals surface area contributed by atoms with Crippen LogP contribution >= 0.6 is 0 Å². The summed E-state index contributed by atoms with van der Waals surface area (Å²) in [4.78, 5) is 2.59. The van der Waals surface area contributed by atoms with Crippen molar-refractivity contribution in [3.8, 4) is 0 Å². The van der Waals surface area contributed by atoms with Crippen LogP contribution in [0, 0.1) is 0 Å². The molecule has 0 aromatic heterocycles. The van der Waals surface area contributed by atoms with Gasteiger partial charge in [0.1, 0.15) is 0 Å². The molecule has 2 fully saturated rings. The van der Waals surface area contributed by atoms with E-state index in [1.165, 1.54) is 45.2 Å². The van der Waals surface area contributed by atoms with Crippen molar-refractivity contribution < 1.29 is 0 Å². The molecule has 0 radical (unpaired) electrons. The van der Waals surface area contributed by atoms with Gasteiger partial charge in [0.25, 0.3) is 0 Å². The van der Waals surface area contributed by atoms with E-state index < -0.39 is 0 Å². The maximum Gasteiger partial charge on any atom is 0.0247 e. The average molecular weight is 154 g/mol. The minimum absolute atomic E-state index is 0.480. The fraction of sp³-hybridized carbons (Fsp3) is 1.00. The highest BCUT2D eigenvalue weighted by molar-refractivity contribution is 4.89. The largest absolute Gasteiger partial charge is 0.326 e. The summed E-state index contributed by atoms with van der Waals surface area (Å²) in [6, 6.07) is 1.21. The van der Waals surface area contributed by atoms with Gasteiger partial charge < -0.3 is 5.73 Å². The van der Waals surface area contributed by atoms with Crippen molar-refractivity contribution in [2.24, 2.45) is 5.73 Å². The van der Waals surface area contributed by atoms with E-state index in [0.717, 1.165) is 6.04 Å². The summed E-state index contributed by atoms with van der Waals surface area (Å²) in [6.45, 7) is 2.61. The summed E-state index contributed by atoms with van der Waals surface area (Å²) in [5.74, 6) is 0. The number of nitrogens with two attached hydrogens (primary N) is 1. The van der Waals surface area contributed by atoms with E-state index >= 15 is 0 Å². The first-order chi connectivity index (χ1) is 5.38. The van der Waals surface area contributed by atoms with Crippen molar-refractivity contribution in [3.05, 3.63) is 0 Å². The minimum Gasteiger partial charge on any atom is -0.326 e. The van der Waals surface area contributed by atoms with Crippen molar-refractivity contribution >= 4 is 0 Å². The molecule has 2 N–H and O–H groups in total. The Kier molecular flexibility index (Phi) is 2.14. The summed E-state index contributed by atoms with van der Waals surface area (Å²) in [7, 11) is 0. The summed E-state index contributed by atoms with van der Waals surface area (Å²) < 4.78 is 0. The number of hydrogen-bond donors (Lipinski definition) is 1. The number of hydrogen-bond acceptors (Lipinski definition) is 2. The Bertz CT molecular complexity index is 130. The quantitative estimate of drug-likeness (QED) is 0.609. The topological polar surface area (TPSA) is 29.3 Å². The lowest BCUT2D eigenvalue weighted by Gasteiger charge is -2.26. The second-order valence-electron chi connectivity index (χ2n) is 3.91. The van der Waals surface area contributed by atoms with E-state index in [0.29, 0.717) is 6.04 Å². The molecule has 1 heterocycles. The molecule has 2 aliphatic rings. The van der Waals surface area contributed by atoms with Gasteiger partial charge in [-0.05, 0) is 38.8 Å². The average Bonchev–Trinajstić information content (AvgIpc) is 2.55. The number of nitrogens with zero attached hydrogens (tertiary/aromatic N) is 1. The summed E-state index contributed by atoms with van der Waals surface area (Å²) in [5, 5.41) is 0. The highest BCUT2D eigenvalue weighted by Crippen LogP contribution is 2.25. The minimum atomic E-state index is 0.480. The van der Waals surface area contributed by atoms with Crippen LogP contribution in [0.15, 0.2) is 0 Å². The van der Waals surface area contributed by atoms with Gasteiger partial charge in [0, 0.05) is 12.1 Å². The first-order valence-corrected chi connectivity index (χ1v) is 4.87. The maximum atomic E-state index is 6.02. The normalized spacial score (nSPS) is 40.1. The second-order valence-corrected chi connectivity index (χ2v) is 3.91. The molecule has 0 spiro atoms. The zero-order chi connectivity index (χ0) is 7.68. The molecule has 2 atom stereocenters. The number of likely N-dealkylation sites (tertiary alicyclic amines) is 1. The van der Waals surface area contributed by atoms with Crippen LogP contribution in [-0.4, -0.2) is 30.1 Å². The van der Waals surface area contributed by atoms with E-state index in [2.05, 4.69) is 4.90 Å². The van der Waals surface area contributed by atoms with Crippen LogP contribution in [0.1, 0.15) is 32.1 Å². The van der Waals surface area contributed by atoms with E-state index in [9.17, 15) is 0 Å². The molecule has 1 aliphatic heterocycles. The van der Waals surface area contributed by atoms with Gasteiger partial charge in [0.15, 0.2) is 0 Å². The third kappa shape index (κ3) is 1.42. The highest BCUT2D eigenvalue weighted by atomic mass is 15.2. The lowest BCUT2D eigenvalue weighted by molar-refractivity contribution is 0.229. The van der Waals surface area contributed by atoms with E-state index in [1.54, 1.807) is 0 Å². The Hall–Kier alpha value is -0.0800. The Morgan fingerprint density at radius 3 is 2.27 bits per heavy atom. The van der Waals surface area contributed by atoms with Crippen molar-refractivity contribution in [2.45, 2.75) is 44.2 Å². The van der Waals surface area contributed by atoms with E-state index in [1.807, 2.05) is 0 Å². The summed E-state index contributed by atoms with van der Waals surface area (Å²) >= 11 is 0. The second kappa shape index (κ2) is 3.11. The highest BCUT2D eigenvalue weighted by Gasteiger charge is 2.30. The SMILES string of the molecule is N[C@@H]1CCC[C@@H]1N1CCCC1. The Morgan fingerprint density at radius 2 is 1.73 bits per heavy atom. The zero-order valence-corrected chi connectivity index (χ0v) is 7.13. The molecule has 1 saturated carbocycles.